The molecule has 1 aromatic rings. The quantitative estimate of drug-likeness (QED) is 0.556. The second-order valence-corrected chi connectivity index (χ2v) is 3.47. The van der Waals surface area contributed by atoms with Crippen molar-refractivity contribution in [2.24, 2.45) is 5.90 Å². The number of aromatic hydroxyl groups is 2. The Hall–Kier alpha value is -0.780. The van der Waals surface area contributed by atoms with Crippen LogP contribution in [0.3, 0.4) is 0 Å². The Morgan fingerprint density at radius 2 is 2.08 bits per heavy atom. The van der Waals surface area contributed by atoms with Crippen molar-refractivity contribution in [3.8, 4) is 11.5 Å². The third-order valence-corrected chi connectivity index (χ3v) is 2.08. The van der Waals surface area contributed by atoms with E-state index in [1.807, 2.05) is 0 Å². The first-order chi connectivity index (χ1) is 6.15. The van der Waals surface area contributed by atoms with Crippen molar-refractivity contribution in [3.63, 3.8) is 0 Å². The number of phenolic OH excluding ortho intramolecular Hbond substituents is 2. The predicted molar refractivity (Wildman–Crippen MR) is 51.3 cm³/mol. The number of nitrogens with two attached hydrogens (primary N) is 1. The fourth-order valence-electron chi connectivity index (χ4n) is 0.999. The van der Waals surface area contributed by atoms with Crippen LogP contribution in [-0.2, 0) is 11.3 Å². The number of halogens is 1. The van der Waals surface area contributed by atoms with E-state index in [-0.39, 0.29) is 11.5 Å². The Bertz CT molecular complexity index is 304. The summed E-state index contributed by atoms with van der Waals surface area (Å²) >= 11 is 3.20. The lowest BCUT2D eigenvalue weighted by Gasteiger charge is -2.06. The van der Waals surface area contributed by atoms with Crippen molar-refractivity contribution in [1.82, 2.24) is 0 Å². The fourth-order valence-corrected chi connectivity index (χ4v) is 1.49. The van der Waals surface area contributed by atoms with Crippen LogP contribution in [0.25, 0.3) is 0 Å². The first-order valence-electron chi connectivity index (χ1n) is 3.67. The Kier molecular flexibility index (Phi) is 3.53. The molecule has 13 heavy (non-hydrogen) atoms. The van der Waals surface area contributed by atoms with Gasteiger partial charge in [0.1, 0.15) is 0 Å². The molecule has 0 heterocycles. The van der Waals surface area contributed by atoms with Crippen molar-refractivity contribution >= 4 is 15.9 Å². The Morgan fingerprint density at radius 3 is 2.69 bits per heavy atom. The van der Waals surface area contributed by atoms with Crippen molar-refractivity contribution in [3.05, 3.63) is 22.2 Å². The van der Waals surface area contributed by atoms with E-state index >= 15 is 0 Å². The number of phenols is 2. The molecule has 5 heteroatoms. The number of hydrogen-bond donors (Lipinski definition) is 3. The Balaban J connectivity index is 2.92. The average molecular weight is 248 g/mol. The molecule has 0 unspecified atom stereocenters. The second kappa shape index (κ2) is 4.45. The lowest BCUT2D eigenvalue weighted by molar-refractivity contribution is 0.140. The maximum atomic E-state index is 9.38. The van der Waals surface area contributed by atoms with Crippen LogP contribution in [0.15, 0.2) is 16.6 Å². The highest BCUT2D eigenvalue weighted by molar-refractivity contribution is 9.10. The molecule has 0 saturated carbocycles. The van der Waals surface area contributed by atoms with Crippen LogP contribution in [0.1, 0.15) is 5.56 Å². The molecule has 0 amide bonds. The Labute approximate surface area is 84.0 Å². The normalized spacial score (nSPS) is 10.3. The van der Waals surface area contributed by atoms with Crippen molar-refractivity contribution in [1.29, 1.82) is 0 Å². The molecule has 0 bridgehead atoms. The smallest absolute Gasteiger partial charge is 0.160 e. The van der Waals surface area contributed by atoms with E-state index in [0.717, 1.165) is 0 Å². The van der Waals surface area contributed by atoms with Crippen LogP contribution < -0.4 is 5.90 Å². The van der Waals surface area contributed by atoms with Gasteiger partial charge >= 0.3 is 0 Å². The van der Waals surface area contributed by atoms with Crippen molar-refractivity contribution < 1.29 is 15.1 Å². The second-order valence-electron chi connectivity index (χ2n) is 2.55. The summed E-state index contributed by atoms with van der Waals surface area (Å²) in [6.07, 6.45) is 0.454. The first-order valence-corrected chi connectivity index (χ1v) is 4.46. The molecule has 0 spiro atoms. The van der Waals surface area contributed by atoms with Gasteiger partial charge in [-0.05, 0) is 12.1 Å². The van der Waals surface area contributed by atoms with Crippen molar-refractivity contribution in [2.75, 3.05) is 6.61 Å². The van der Waals surface area contributed by atoms with Crippen LogP contribution >= 0.6 is 15.9 Å². The zero-order chi connectivity index (χ0) is 9.84. The molecule has 0 aliphatic rings. The topological polar surface area (TPSA) is 75.7 Å². The SMILES string of the molecule is NOCCc1cc(Br)cc(O)c1O. The van der Waals surface area contributed by atoms with E-state index in [1.165, 1.54) is 6.07 Å². The molecule has 4 nitrogen and oxygen atoms in total. The summed E-state index contributed by atoms with van der Waals surface area (Å²) in [6, 6.07) is 3.12. The van der Waals surface area contributed by atoms with Crippen LogP contribution in [0.2, 0.25) is 0 Å². The van der Waals surface area contributed by atoms with E-state index in [0.29, 0.717) is 23.1 Å². The molecular weight excluding hydrogens is 238 g/mol. The molecule has 0 aliphatic heterocycles. The summed E-state index contributed by atoms with van der Waals surface area (Å²) in [5, 5.41) is 18.6. The number of rotatable bonds is 3. The third kappa shape index (κ3) is 2.58. The monoisotopic (exact) mass is 247 g/mol. The van der Waals surface area contributed by atoms with Gasteiger partial charge in [0, 0.05) is 16.5 Å². The van der Waals surface area contributed by atoms with Gasteiger partial charge in [0.15, 0.2) is 11.5 Å². The van der Waals surface area contributed by atoms with Crippen LogP contribution in [0, 0.1) is 0 Å². The summed E-state index contributed by atoms with van der Waals surface area (Å²) in [6.45, 7) is 0.295. The van der Waals surface area contributed by atoms with Gasteiger partial charge in [-0.25, -0.2) is 5.90 Å². The summed E-state index contributed by atoms with van der Waals surface area (Å²) in [5.41, 5.74) is 0.595. The predicted octanol–water partition coefficient (Wildman–Crippen LogP) is 1.29. The number of hydrogen-bond acceptors (Lipinski definition) is 4. The zero-order valence-electron chi connectivity index (χ0n) is 6.83. The average Bonchev–Trinajstić information content (AvgIpc) is 2.09. The Morgan fingerprint density at radius 1 is 1.38 bits per heavy atom. The highest BCUT2D eigenvalue weighted by Gasteiger charge is 2.07. The van der Waals surface area contributed by atoms with Gasteiger partial charge in [-0.2, -0.15) is 0 Å². The summed E-state index contributed by atoms with van der Waals surface area (Å²) in [5.74, 6) is 4.57. The summed E-state index contributed by atoms with van der Waals surface area (Å²) in [7, 11) is 0. The van der Waals surface area contributed by atoms with E-state index in [4.69, 9.17) is 5.90 Å². The van der Waals surface area contributed by atoms with Crippen LogP contribution in [0.4, 0.5) is 0 Å². The van der Waals surface area contributed by atoms with Crippen molar-refractivity contribution in [2.45, 2.75) is 6.42 Å². The molecule has 0 fully saturated rings. The molecule has 0 saturated heterocycles. The summed E-state index contributed by atoms with van der Waals surface area (Å²) in [4.78, 5) is 4.37. The van der Waals surface area contributed by atoms with Crippen LogP contribution in [-0.4, -0.2) is 16.8 Å². The molecule has 0 aliphatic carbocycles. The van der Waals surface area contributed by atoms with Gasteiger partial charge < -0.3 is 15.1 Å². The molecule has 4 N–H and O–H groups in total. The molecule has 0 radical (unpaired) electrons. The van der Waals surface area contributed by atoms with Gasteiger partial charge in [0.25, 0.3) is 0 Å². The van der Waals surface area contributed by atoms with Gasteiger partial charge in [0.2, 0.25) is 0 Å². The fraction of sp³-hybridized carbons (Fsp3) is 0.250. The molecule has 1 aromatic carbocycles. The molecule has 1 rings (SSSR count). The highest BCUT2D eigenvalue weighted by atomic mass is 79.9. The zero-order valence-corrected chi connectivity index (χ0v) is 8.41. The van der Waals surface area contributed by atoms with Gasteiger partial charge in [-0.1, -0.05) is 15.9 Å². The first kappa shape index (κ1) is 10.3. The molecule has 72 valence electrons. The van der Waals surface area contributed by atoms with E-state index in [2.05, 4.69) is 20.8 Å². The van der Waals surface area contributed by atoms with E-state index < -0.39 is 0 Å². The maximum Gasteiger partial charge on any atom is 0.160 e. The van der Waals surface area contributed by atoms with Gasteiger partial charge in [0.05, 0.1) is 6.61 Å². The van der Waals surface area contributed by atoms with Crippen LogP contribution in [0.5, 0.6) is 11.5 Å². The summed E-state index contributed by atoms with van der Waals surface area (Å²) < 4.78 is 0.704. The standard InChI is InChI=1S/C8H10BrNO3/c9-6-3-5(1-2-13-10)8(12)7(11)4-6/h3-4,11-12H,1-2,10H2. The van der Waals surface area contributed by atoms with Gasteiger partial charge in [-0.3, -0.25) is 0 Å². The largest absolute Gasteiger partial charge is 0.504 e. The van der Waals surface area contributed by atoms with E-state index in [1.54, 1.807) is 6.07 Å². The highest BCUT2D eigenvalue weighted by Crippen LogP contribution is 2.32. The lowest BCUT2D eigenvalue weighted by atomic mass is 10.1. The molecular formula is C8H10BrNO3. The van der Waals surface area contributed by atoms with E-state index in [9.17, 15) is 10.2 Å². The minimum absolute atomic E-state index is 0.125. The minimum atomic E-state index is -0.151. The maximum absolute atomic E-state index is 9.38. The minimum Gasteiger partial charge on any atom is -0.504 e. The van der Waals surface area contributed by atoms with Gasteiger partial charge in [-0.15, -0.1) is 0 Å². The lowest BCUT2D eigenvalue weighted by Crippen LogP contribution is -2.03. The third-order valence-electron chi connectivity index (χ3n) is 1.62. The number of benzene rings is 1. The molecule has 0 atom stereocenters. The molecule has 0 aromatic heterocycles.